The highest BCUT2D eigenvalue weighted by Crippen LogP contribution is 2.28. The topological polar surface area (TPSA) is 98.1 Å². The van der Waals surface area contributed by atoms with Crippen LogP contribution in [0.4, 0.5) is 11.6 Å². The molecule has 2 amide bonds. The molecule has 3 aromatic rings. The smallest absolute Gasteiger partial charge is 0.249 e. The lowest BCUT2D eigenvalue weighted by Gasteiger charge is -2.22. The van der Waals surface area contributed by atoms with Crippen LogP contribution in [-0.2, 0) is 9.59 Å². The molecule has 0 saturated heterocycles. The van der Waals surface area contributed by atoms with Crippen molar-refractivity contribution in [3.05, 3.63) is 53.6 Å². The van der Waals surface area contributed by atoms with Crippen LogP contribution in [0, 0.1) is 13.8 Å². The predicted octanol–water partition coefficient (Wildman–Crippen LogP) is 3.09. The van der Waals surface area contributed by atoms with E-state index in [0.29, 0.717) is 11.5 Å². The molecule has 0 radical (unpaired) electrons. The maximum atomic E-state index is 12.9. The molecule has 0 saturated carbocycles. The van der Waals surface area contributed by atoms with Crippen LogP contribution in [0.5, 0.6) is 5.75 Å². The number of aryl methyl sites for hydroxylation is 2. The molecule has 2 heterocycles. The van der Waals surface area contributed by atoms with Gasteiger partial charge in [0, 0.05) is 11.3 Å². The van der Waals surface area contributed by atoms with E-state index in [1.165, 1.54) is 4.68 Å². The number of benzene rings is 2. The number of aromatic nitrogens is 3. The van der Waals surface area contributed by atoms with E-state index in [1.54, 1.807) is 19.2 Å². The lowest BCUT2D eigenvalue weighted by atomic mass is 10.1. The highest BCUT2D eigenvalue weighted by Gasteiger charge is 2.33. The number of amides is 2. The van der Waals surface area contributed by atoms with Gasteiger partial charge in [-0.25, -0.2) is 4.68 Å². The molecule has 0 unspecified atom stereocenters. The number of hydrogen-bond acceptors (Lipinski definition) is 5. The van der Waals surface area contributed by atoms with E-state index < -0.39 is 6.04 Å². The van der Waals surface area contributed by atoms with Gasteiger partial charge in [0.05, 0.1) is 13.5 Å². The average Bonchev–Trinajstić information content (AvgIpc) is 3.13. The summed E-state index contributed by atoms with van der Waals surface area (Å²) in [5.74, 6) is 0.824. The van der Waals surface area contributed by atoms with Crippen LogP contribution < -0.4 is 15.4 Å². The fourth-order valence-electron chi connectivity index (χ4n) is 3.30. The molecule has 0 spiro atoms. The van der Waals surface area contributed by atoms with E-state index >= 15 is 0 Å². The van der Waals surface area contributed by atoms with Crippen LogP contribution in [0.2, 0.25) is 0 Å². The van der Waals surface area contributed by atoms with Gasteiger partial charge in [0.15, 0.2) is 5.82 Å². The zero-order valence-corrected chi connectivity index (χ0v) is 16.4. The van der Waals surface area contributed by atoms with Gasteiger partial charge in [-0.15, -0.1) is 5.10 Å². The van der Waals surface area contributed by atoms with Crippen LogP contribution in [0.15, 0.2) is 42.5 Å². The molecule has 8 heteroatoms. The van der Waals surface area contributed by atoms with Crippen molar-refractivity contribution >= 4 is 23.5 Å². The van der Waals surface area contributed by atoms with Gasteiger partial charge in [0.25, 0.3) is 0 Å². The Hall–Kier alpha value is -3.68. The summed E-state index contributed by atoms with van der Waals surface area (Å²) >= 11 is 0. The molecular weight excluding hydrogens is 370 g/mol. The van der Waals surface area contributed by atoms with E-state index in [9.17, 15) is 9.59 Å². The Morgan fingerprint density at radius 2 is 1.97 bits per heavy atom. The minimum atomic E-state index is -0.779. The second-order valence-electron chi connectivity index (χ2n) is 7.01. The Morgan fingerprint density at radius 3 is 2.66 bits per heavy atom. The minimum Gasteiger partial charge on any atom is -0.497 e. The van der Waals surface area contributed by atoms with Crippen molar-refractivity contribution in [2.45, 2.75) is 26.3 Å². The summed E-state index contributed by atoms with van der Waals surface area (Å²) in [5, 5.41) is 10.1. The number of ether oxygens (including phenoxy) is 1. The standard InChI is InChI=1S/C21H21N5O3/c1-12-4-9-16(13(2)10-12)22-20(28)17-11-18(27)23-21-24-19(25-26(17)21)14-5-7-15(29-3)8-6-14/h4-10,17H,11H2,1-3H3,(H,22,28)(H,23,24,25,27)/t17-/m1/s1. The Morgan fingerprint density at radius 1 is 1.21 bits per heavy atom. The van der Waals surface area contributed by atoms with Crippen molar-refractivity contribution in [1.29, 1.82) is 0 Å². The molecule has 1 aliphatic heterocycles. The van der Waals surface area contributed by atoms with Crippen molar-refractivity contribution in [3.8, 4) is 17.1 Å². The molecule has 29 heavy (non-hydrogen) atoms. The highest BCUT2D eigenvalue weighted by molar-refractivity contribution is 6.01. The van der Waals surface area contributed by atoms with E-state index in [2.05, 4.69) is 20.7 Å². The fourth-order valence-corrected chi connectivity index (χ4v) is 3.30. The van der Waals surface area contributed by atoms with Crippen LogP contribution in [0.1, 0.15) is 23.6 Å². The van der Waals surface area contributed by atoms with E-state index in [0.717, 1.165) is 22.4 Å². The molecule has 2 N–H and O–H groups in total. The molecule has 1 atom stereocenters. The Balaban J connectivity index is 1.63. The fraction of sp³-hybridized carbons (Fsp3) is 0.238. The van der Waals surface area contributed by atoms with Gasteiger partial charge in [-0.05, 0) is 49.7 Å². The Bertz CT molecular complexity index is 1090. The van der Waals surface area contributed by atoms with Crippen molar-refractivity contribution in [1.82, 2.24) is 14.8 Å². The number of nitrogens with one attached hydrogen (secondary N) is 2. The molecular formula is C21H21N5O3. The predicted molar refractivity (Wildman–Crippen MR) is 109 cm³/mol. The largest absolute Gasteiger partial charge is 0.497 e. The molecule has 0 fully saturated rings. The molecule has 2 aromatic carbocycles. The lowest BCUT2D eigenvalue weighted by Crippen LogP contribution is -2.36. The van der Waals surface area contributed by atoms with Gasteiger partial charge in [-0.1, -0.05) is 17.7 Å². The van der Waals surface area contributed by atoms with Crippen LogP contribution >= 0.6 is 0 Å². The SMILES string of the molecule is COc1ccc(-c2nc3n(n2)[C@@H](C(=O)Nc2ccc(C)cc2C)CC(=O)N3)cc1. The first kappa shape index (κ1) is 18.7. The molecule has 1 aliphatic rings. The number of hydrogen-bond donors (Lipinski definition) is 2. The third-order valence-corrected chi connectivity index (χ3v) is 4.85. The maximum Gasteiger partial charge on any atom is 0.249 e. The normalized spacial score (nSPS) is 15.4. The van der Waals surface area contributed by atoms with E-state index in [1.807, 2.05) is 44.2 Å². The summed E-state index contributed by atoms with van der Waals surface area (Å²) < 4.78 is 6.64. The second kappa shape index (κ2) is 7.38. The van der Waals surface area contributed by atoms with Gasteiger partial charge < -0.3 is 10.1 Å². The molecule has 8 nitrogen and oxygen atoms in total. The number of nitrogens with zero attached hydrogens (tertiary/aromatic N) is 3. The van der Waals surface area contributed by atoms with Crippen molar-refractivity contribution < 1.29 is 14.3 Å². The first-order chi connectivity index (χ1) is 13.9. The second-order valence-corrected chi connectivity index (χ2v) is 7.01. The highest BCUT2D eigenvalue weighted by atomic mass is 16.5. The van der Waals surface area contributed by atoms with Crippen molar-refractivity contribution in [3.63, 3.8) is 0 Å². The zero-order chi connectivity index (χ0) is 20.5. The third kappa shape index (κ3) is 3.69. The van der Waals surface area contributed by atoms with Crippen molar-refractivity contribution in [2.75, 3.05) is 17.7 Å². The first-order valence-electron chi connectivity index (χ1n) is 9.23. The van der Waals surface area contributed by atoms with Gasteiger partial charge >= 0.3 is 0 Å². The molecule has 0 aliphatic carbocycles. The van der Waals surface area contributed by atoms with E-state index in [-0.39, 0.29) is 24.2 Å². The molecule has 0 bridgehead atoms. The zero-order valence-electron chi connectivity index (χ0n) is 16.4. The summed E-state index contributed by atoms with van der Waals surface area (Å²) in [7, 11) is 1.59. The number of carbonyl (C=O) groups is 2. The van der Waals surface area contributed by atoms with Gasteiger partial charge in [-0.3, -0.25) is 14.9 Å². The molecule has 1 aromatic heterocycles. The summed E-state index contributed by atoms with van der Waals surface area (Å²) in [6, 6.07) is 12.3. The quantitative estimate of drug-likeness (QED) is 0.712. The lowest BCUT2D eigenvalue weighted by molar-refractivity contribution is -0.125. The number of carbonyl (C=O) groups excluding carboxylic acids is 2. The van der Waals surface area contributed by atoms with Crippen LogP contribution in [-0.4, -0.2) is 33.7 Å². The van der Waals surface area contributed by atoms with Gasteiger partial charge in [0.1, 0.15) is 11.8 Å². The monoisotopic (exact) mass is 391 g/mol. The molecule has 4 rings (SSSR count). The summed E-state index contributed by atoms with van der Waals surface area (Å²) in [6.07, 6.45) is -0.00481. The average molecular weight is 391 g/mol. The van der Waals surface area contributed by atoms with Gasteiger partial charge in [0.2, 0.25) is 17.8 Å². The van der Waals surface area contributed by atoms with Crippen molar-refractivity contribution in [2.24, 2.45) is 0 Å². The number of methoxy groups -OCH3 is 1. The first-order valence-corrected chi connectivity index (χ1v) is 9.23. The van der Waals surface area contributed by atoms with E-state index in [4.69, 9.17) is 4.74 Å². The third-order valence-electron chi connectivity index (χ3n) is 4.85. The van der Waals surface area contributed by atoms with Crippen LogP contribution in [0.25, 0.3) is 11.4 Å². The minimum absolute atomic E-state index is 0.00481. The Kier molecular flexibility index (Phi) is 4.75. The summed E-state index contributed by atoms with van der Waals surface area (Å²) in [5.41, 5.74) is 3.54. The summed E-state index contributed by atoms with van der Waals surface area (Å²) in [6.45, 7) is 3.92. The van der Waals surface area contributed by atoms with Crippen LogP contribution in [0.3, 0.4) is 0 Å². The maximum absolute atomic E-state index is 12.9. The number of fused-ring (bicyclic) bond motifs is 1. The summed E-state index contributed by atoms with van der Waals surface area (Å²) in [4.78, 5) is 29.5. The van der Waals surface area contributed by atoms with Gasteiger partial charge in [-0.2, -0.15) is 4.98 Å². The Labute approximate surface area is 167 Å². The number of anilines is 2. The molecule has 148 valence electrons. The number of rotatable bonds is 4.